The highest BCUT2D eigenvalue weighted by Crippen LogP contribution is 2.18. The Morgan fingerprint density at radius 3 is 2.18 bits per heavy atom. The quantitative estimate of drug-likeness (QED) is 0.522. The van der Waals surface area contributed by atoms with E-state index >= 15 is 0 Å². The Balaban J connectivity index is 2.91. The highest BCUT2D eigenvalue weighted by Gasteiger charge is 2.25. The number of sulfonamides is 2. The first-order valence-corrected chi connectivity index (χ1v) is 13.2. The summed E-state index contributed by atoms with van der Waals surface area (Å²) in [5.41, 5.74) is 0.716. The molecule has 2 atom stereocenters. The standard InChI is InChI=1S/C17H29N3O5S3/c1-6-27(22,23)19-16(11-12-26-5)17(21)18-13(2)14-7-9-15(10-8-14)28(24,25)20(3)4/h7-10,13,16,19H,6,11-12H2,1-5H3,(H,18,21). The molecule has 11 heteroatoms. The number of rotatable bonds is 11. The van der Waals surface area contributed by atoms with E-state index in [1.165, 1.54) is 44.9 Å². The lowest BCUT2D eigenvalue weighted by molar-refractivity contribution is -0.123. The van der Waals surface area contributed by atoms with Crippen LogP contribution in [0.4, 0.5) is 0 Å². The lowest BCUT2D eigenvalue weighted by Gasteiger charge is -2.21. The zero-order valence-electron chi connectivity index (χ0n) is 16.8. The topological polar surface area (TPSA) is 113 Å². The second-order valence-corrected chi connectivity index (χ2v) is 11.6. The molecule has 0 aliphatic rings. The molecule has 2 N–H and O–H groups in total. The Morgan fingerprint density at radius 1 is 1.14 bits per heavy atom. The van der Waals surface area contributed by atoms with Gasteiger partial charge in [0, 0.05) is 14.1 Å². The van der Waals surface area contributed by atoms with Crippen molar-refractivity contribution in [2.24, 2.45) is 0 Å². The first kappa shape index (κ1) is 24.9. The molecule has 0 aliphatic carbocycles. The van der Waals surface area contributed by atoms with Gasteiger partial charge in [-0.1, -0.05) is 12.1 Å². The van der Waals surface area contributed by atoms with E-state index in [-0.39, 0.29) is 10.6 Å². The van der Waals surface area contributed by atoms with Gasteiger partial charge in [0.15, 0.2) is 0 Å². The average molecular weight is 452 g/mol. The summed E-state index contributed by atoms with van der Waals surface area (Å²) in [4.78, 5) is 12.8. The van der Waals surface area contributed by atoms with Gasteiger partial charge in [-0.2, -0.15) is 11.8 Å². The minimum Gasteiger partial charge on any atom is -0.348 e. The van der Waals surface area contributed by atoms with Crippen molar-refractivity contribution in [1.82, 2.24) is 14.3 Å². The molecule has 0 bridgehead atoms. The predicted octanol–water partition coefficient (Wildman–Crippen LogP) is 1.18. The van der Waals surface area contributed by atoms with E-state index in [1.54, 1.807) is 19.1 Å². The maximum Gasteiger partial charge on any atom is 0.242 e. The van der Waals surface area contributed by atoms with E-state index in [4.69, 9.17) is 0 Å². The Morgan fingerprint density at radius 2 is 1.71 bits per heavy atom. The second kappa shape index (κ2) is 10.6. The first-order chi connectivity index (χ1) is 12.9. The van der Waals surface area contributed by atoms with Gasteiger partial charge in [0.2, 0.25) is 26.0 Å². The van der Waals surface area contributed by atoms with Gasteiger partial charge in [0.25, 0.3) is 0 Å². The maximum absolute atomic E-state index is 12.6. The summed E-state index contributed by atoms with van der Waals surface area (Å²) in [6.45, 7) is 3.27. The van der Waals surface area contributed by atoms with Crippen molar-refractivity contribution in [2.75, 3.05) is 31.9 Å². The van der Waals surface area contributed by atoms with Gasteiger partial charge in [-0.05, 0) is 50.0 Å². The van der Waals surface area contributed by atoms with E-state index in [0.29, 0.717) is 17.7 Å². The Hall–Kier alpha value is -1.14. The van der Waals surface area contributed by atoms with Crippen LogP contribution in [-0.4, -0.2) is 64.9 Å². The van der Waals surface area contributed by atoms with Crippen molar-refractivity contribution in [3.05, 3.63) is 29.8 Å². The molecule has 28 heavy (non-hydrogen) atoms. The number of hydrogen-bond acceptors (Lipinski definition) is 6. The molecule has 0 spiro atoms. The van der Waals surface area contributed by atoms with Crippen molar-refractivity contribution < 1.29 is 21.6 Å². The number of nitrogens with zero attached hydrogens (tertiary/aromatic N) is 1. The van der Waals surface area contributed by atoms with Crippen LogP contribution in [-0.2, 0) is 24.8 Å². The number of carbonyl (C=O) groups is 1. The van der Waals surface area contributed by atoms with Gasteiger partial charge in [-0.25, -0.2) is 25.9 Å². The van der Waals surface area contributed by atoms with Crippen LogP contribution in [0.5, 0.6) is 0 Å². The molecule has 1 aromatic carbocycles. The van der Waals surface area contributed by atoms with Gasteiger partial charge in [-0.3, -0.25) is 4.79 Å². The van der Waals surface area contributed by atoms with E-state index in [2.05, 4.69) is 10.0 Å². The van der Waals surface area contributed by atoms with Crippen molar-refractivity contribution >= 4 is 37.7 Å². The second-order valence-electron chi connectivity index (χ2n) is 6.44. The third-order valence-corrected chi connectivity index (χ3v) is 8.02. The molecule has 0 aromatic heterocycles. The maximum atomic E-state index is 12.6. The highest BCUT2D eigenvalue weighted by atomic mass is 32.2. The average Bonchev–Trinajstić information content (AvgIpc) is 2.64. The number of benzene rings is 1. The number of hydrogen-bond donors (Lipinski definition) is 2. The number of carbonyl (C=O) groups excluding carboxylic acids is 1. The minimum atomic E-state index is -3.52. The third-order valence-electron chi connectivity index (χ3n) is 4.15. The van der Waals surface area contributed by atoms with Crippen LogP contribution < -0.4 is 10.0 Å². The van der Waals surface area contributed by atoms with Crippen LogP contribution in [0.3, 0.4) is 0 Å². The molecule has 160 valence electrons. The summed E-state index contributed by atoms with van der Waals surface area (Å²) in [6, 6.07) is 4.97. The van der Waals surface area contributed by atoms with Crippen LogP contribution >= 0.6 is 11.8 Å². The number of nitrogens with one attached hydrogen (secondary N) is 2. The summed E-state index contributed by atoms with van der Waals surface area (Å²) in [5, 5.41) is 2.80. The van der Waals surface area contributed by atoms with Crippen molar-refractivity contribution in [3.63, 3.8) is 0 Å². The van der Waals surface area contributed by atoms with E-state index < -0.39 is 38.0 Å². The largest absolute Gasteiger partial charge is 0.348 e. The molecule has 0 saturated carbocycles. The number of amides is 1. The van der Waals surface area contributed by atoms with Crippen LogP contribution in [0, 0.1) is 0 Å². The lowest BCUT2D eigenvalue weighted by atomic mass is 10.1. The fourth-order valence-corrected chi connectivity index (χ4v) is 4.51. The third kappa shape index (κ3) is 7.03. The molecule has 1 aromatic rings. The zero-order chi connectivity index (χ0) is 21.5. The number of thioether (sulfide) groups is 1. The molecule has 0 fully saturated rings. The zero-order valence-corrected chi connectivity index (χ0v) is 19.2. The molecule has 1 amide bonds. The van der Waals surface area contributed by atoms with Crippen molar-refractivity contribution in [3.8, 4) is 0 Å². The molecule has 2 unspecified atom stereocenters. The minimum absolute atomic E-state index is 0.104. The molecule has 0 heterocycles. The molecule has 0 aliphatic heterocycles. The van der Waals surface area contributed by atoms with Gasteiger partial charge in [-0.15, -0.1) is 0 Å². The van der Waals surface area contributed by atoms with Crippen LogP contribution in [0.2, 0.25) is 0 Å². The highest BCUT2D eigenvalue weighted by molar-refractivity contribution is 7.98. The van der Waals surface area contributed by atoms with Crippen LogP contribution in [0.25, 0.3) is 0 Å². The Bertz CT molecular complexity index is 853. The van der Waals surface area contributed by atoms with Crippen LogP contribution in [0.15, 0.2) is 29.2 Å². The summed E-state index contributed by atoms with van der Waals surface area (Å²) in [5.74, 6) is 0.118. The smallest absolute Gasteiger partial charge is 0.242 e. The molecule has 1 rings (SSSR count). The SMILES string of the molecule is CCS(=O)(=O)NC(CCSC)C(=O)NC(C)c1ccc(S(=O)(=O)N(C)C)cc1. The van der Waals surface area contributed by atoms with E-state index in [0.717, 1.165) is 4.31 Å². The molecular formula is C17H29N3O5S3. The summed E-state index contributed by atoms with van der Waals surface area (Å²) in [6.07, 6.45) is 2.26. The summed E-state index contributed by atoms with van der Waals surface area (Å²) in [7, 11) is -4.13. The summed E-state index contributed by atoms with van der Waals surface area (Å²) < 4.78 is 51.5. The van der Waals surface area contributed by atoms with Gasteiger partial charge in [0.1, 0.15) is 6.04 Å². The van der Waals surface area contributed by atoms with Gasteiger partial charge >= 0.3 is 0 Å². The Labute approximate surface area is 172 Å². The van der Waals surface area contributed by atoms with Crippen molar-refractivity contribution in [1.29, 1.82) is 0 Å². The van der Waals surface area contributed by atoms with Crippen LogP contribution in [0.1, 0.15) is 31.9 Å². The lowest BCUT2D eigenvalue weighted by Crippen LogP contribution is -2.48. The molecular weight excluding hydrogens is 422 g/mol. The fraction of sp³-hybridized carbons (Fsp3) is 0.588. The normalized spacial score (nSPS) is 14.6. The van der Waals surface area contributed by atoms with Gasteiger partial charge < -0.3 is 5.32 Å². The molecule has 0 radical (unpaired) electrons. The summed E-state index contributed by atoms with van der Waals surface area (Å²) >= 11 is 1.53. The Kier molecular flexibility index (Phi) is 9.41. The molecule has 0 saturated heterocycles. The predicted molar refractivity (Wildman–Crippen MR) is 113 cm³/mol. The van der Waals surface area contributed by atoms with Gasteiger partial charge in [0.05, 0.1) is 16.7 Å². The van der Waals surface area contributed by atoms with E-state index in [1.807, 2.05) is 6.26 Å². The molecule has 8 nitrogen and oxygen atoms in total. The monoisotopic (exact) mass is 451 g/mol. The van der Waals surface area contributed by atoms with Crippen molar-refractivity contribution in [2.45, 2.75) is 37.2 Å². The fourth-order valence-electron chi connectivity index (χ4n) is 2.32. The van der Waals surface area contributed by atoms with E-state index in [9.17, 15) is 21.6 Å². The first-order valence-electron chi connectivity index (χ1n) is 8.76.